The van der Waals surface area contributed by atoms with Crippen molar-refractivity contribution in [1.29, 1.82) is 10.5 Å². The van der Waals surface area contributed by atoms with Crippen LogP contribution in [0.1, 0.15) is 22.6 Å². The highest BCUT2D eigenvalue weighted by Crippen LogP contribution is 2.26. The number of hydrogen-bond donors (Lipinski definition) is 1. The van der Waals surface area contributed by atoms with Crippen LogP contribution in [0.15, 0.2) is 52.0 Å². The van der Waals surface area contributed by atoms with Crippen LogP contribution in [-0.2, 0) is 10.0 Å². The maximum absolute atomic E-state index is 12.5. The minimum atomic E-state index is -3.79. The zero-order chi connectivity index (χ0) is 19.6. The van der Waals surface area contributed by atoms with Crippen molar-refractivity contribution < 1.29 is 12.8 Å². The maximum Gasteiger partial charge on any atom is 0.265 e. The fraction of sp³-hybridized carbons (Fsp3) is 0.105. The van der Waals surface area contributed by atoms with Gasteiger partial charge in [-0.25, -0.2) is 13.4 Å². The van der Waals surface area contributed by atoms with E-state index < -0.39 is 10.0 Å². The highest BCUT2D eigenvalue weighted by atomic mass is 32.2. The molecular formula is C19H14N4O3S. The Bertz CT molecular complexity index is 1210. The molecule has 2 heterocycles. The Kier molecular flexibility index (Phi) is 4.68. The standard InChI is InChI=1S/C19H14N4O3S/c1-12-5-15(18-4-3-14(9-20)19(10-21)22-18)8-16(6-12)23-27(24,25)17-7-13(2)26-11-17/h3-8,11,23H,1-2H3. The van der Waals surface area contributed by atoms with Gasteiger partial charge in [-0.1, -0.05) is 0 Å². The van der Waals surface area contributed by atoms with Gasteiger partial charge in [0.1, 0.15) is 29.1 Å². The first-order valence-electron chi connectivity index (χ1n) is 7.83. The summed E-state index contributed by atoms with van der Waals surface area (Å²) in [4.78, 5) is 4.23. The van der Waals surface area contributed by atoms with E-state index >= 15 is 0 Å². The molecule has 0 spiro atoms. The first-order chi connectivity index (χ1) is 12.8. The largest absolute Gasteiger partial charge is 0.468 e. The van der Waals surface area contributed by atoms with Gasteiger partial charge in [0.15, 0.2) is 5.69 Å². The Morgan fingerprint density at radius 1 is 1.07 bits per heavy atom. The van der Waals surface area contributed by atoms with Crippen molar-refractivity contribution in [3.05, 3.63) is 65.2 Å². The number of sulfonamides is 1. The number of rotatable bonds is 4. The number of anilines is 1. The molecule has 0 saturated heterocycles. The number of aromatic nitrogens is 1. The molecule has 2 aromatic heterocycles. The van der Waals surface area contributed by atoms with Gasteiger partial charge in [0, 0.05) is 11.3 Å². The lowest BCUT2D eigenvalue weighted by Crippen LogP contribution is -2.12. The van der Waals surface area contributed by atoms with E-state index in [9.17, 15) is 8.42 Å². The molecule has 0 aliphatic rings. The number of nitrogens with one attached hydrogen (secondary N) is 1. The van der Waals surface area contributed by atoms with Crippen molar-refractivity contribution in [3.8, 4) is 23.4 Å². The average molecular weight is 378 g/mol. The number of nitrogens with zero attached hydrogens (tertiary/aromatic N) is 3. The maximum atomic E-state index is 12.5. The second kappa shape index (κ2) is 6.94. The van der Waals surface area contributed by atoms with Gasteiger partial charge >= 0.3 is 0 Å². The molecule has 8 heteroatoms. The van der Waals surface area contributed by atoms with Gasteiger partial charge < -0.3 is 4.42 Å². The van der Waals surface area contributed by atoms with Crippen molar-refractivity contribution in [1.82, 2.24) is 4.98 Å². The molecule has 7 nitrogen and oxygen atoms in total. The Morgan fingerprint density at radius 2 is 1.85 bits per heavy atom. The smallest absolute Gasteiger partial charge is 0.265 e. The monoisotopic (exact) mass is 378 g/mol. The molecule has 0 saturated carbocycles. The Balaban J connectivity index is 2.01. The first-order valence-corrected chi connectivity index (χ1v) is 9.32. The van der Waals surface area contributed by atoms with E-state index in [4.69, 9.17) is 14.9 Å². The molecular weight excluding hydrogens is 364 g/mol. The van der Waals surface area contributed by atoms with E-state index in [1.807, 2.05) is 25.1 Å². The summed E-state index contributed by atoms with van der Waals surface area (Å²) in [5.41, 5.74) is 2.45. The molecule has 0 radical (unpaired) electrons. The van der Waals surface area contributed by atoms with Gasteiger partial charge in [-0.05, 0) is 55.8 Å². The normalized spacial score (nSPS) is 10.8. The van der Waals surface area contributed by atoms with Crippen LogP contribution in [0.5, 0.6) is 0 Å². The third-order valence-corrected chi connectivity index (χ3v) is 5.10. The fourth-order valence-corrected chi connectivity index (χ4v) is 3.60. The average Bonchev–Trinajstić information content (AvgIpc) is 3.07. The number of aryl methyl sites for hydroxylation is 2. The van der Waals surface area contributed by atoms with E-state index in [1.165, 1.54) is 18.4 Å². The molecule has 0 fully saturated rings. The number of nitriles is 2. The topological polar surface area (TPSA) is 120 Å². The summed E-state index contributed by atoms with van der Waals surface area (Å²) in [6.45, 7) is 3.48. The van der Waals surface area contributed by atoms with Gasteiger partial charge in [-0.2, -0.15) is 10.5 Å². The van der Waals surface area contributed by atoms with Crippen molar-refractivity contribution in [2.24, 2.45) is 0 Å². The fourth-order valence-electron chi connectivity index (χ4n) is 2.56. The van der Waals surface area contributed by atoms with Crippen LogP contribution in [0.2, 0.25) is 0 Å². The van der Waals surface area contributed by atoms with Crippen LogP contribution < -0.4 is 4.72 Å². The Morgan fingerprint density at radius 3 is 2.48 bits per heavy atom. The van der Waals surface area contributed by atoms with Crippen molar-refractivity contribution >= 4 is 15.7 Å². The summed E-state index contributed by atoms with van der Waals surface area (Å²) in [6.07, 6.45) is 1.18. The van der Waals surface area contributed by atoms with Crippen LogP contribution >= 0.6 is 0 Å². The summed E-state index contributed by atoms with van der Waals surface area (Å²) in [5.74, 6) is 0.492. The van der Waals surface area contributed by atoms with Gasteiger partial charge in [-0.15, -0.1) is 0 Å². The van der Waals surface area contributed by atoms with Crippen LogP contribution in [0.4, 0.5) is 5.69 Å². The third-order valence-electron chi connectivity index (χ3n) is 3.76. The Labute approximate surface area is 156 Å². The number of furan rings is 1. The molecule has 0 aliphatic heterocycles. The molecule has 0 bridgehead atoms. The minimum Gasteiger partial charge on any atom is -0.468 e. The van der Waals surface area contributed by atoms with E-state index in [0.717, 1.165) is 5.56 Å². The lowest BCUT2D eigenvalue weighted by Gasteiger charge is -2.10. The SMILES string of the molecule is Cc1cc(NS(=O)(=O)c2coc(C)c2)cc(-c2ccc(C#N)c(C#N)n2)c1. The zero-order valence-electron chi connectivity index (χ0n) is 14.5. The summed E-state index contributed by atoms with van der Waals surface area (Å²) in [7, 11) is -3.79. The highest BCUT2D eigenvalue weighted by molar-refractivity contribution is 7.92. The molecule has 1 aromatic carbocycles. The predicted octanol–water partition coefficient (Wildman–Crippen LogP) is 3.50. The van der Waals surface area contributed by atoms with Crippen molar-refractivity contribution in [2.45, 2.75) is 18.7 Å². The van der Waals surface area contributed by atoms with Gasteiger partial charge in [0.05, 0.1) is 11.3 Å². The molecule has 3 aromatic rings. The van der Waals surface area contributed by atoms with E-state index in [1.54, 1.807) is 25.1 Å². The summed E-state index contributed by atoms with van der Waals surface area (Å²) in [5, 5.41) is 18.2. The van der Waals surface area contributed by atoms with Gasteiger partial charge in [0.2, 0.25) is 0 Å². The van der Waals surface area contributed by atoms with Gasteiger partial charge in [0.25, 0.3) is 10.0 Å². The number of hydrogen-bond acceptors (Lipinski definition) is 6. The second-order valence-corrected chi connectivity index (χ2v) is 7.58. The lowest BCUT2D eigenvalue weighted by molar-refractivity contribution is 0.528. The molecule has 27 heavy (non-hydrogen) atoms. The molecule has 0 atom stereocenters. The third kappa shape index (κ3) is 3.81. The minimum absolute atomic E-state index is 0.0208. The molecule has 0 unspecified atom stereocenters. The molecule has 0 amide bonds. The molecule has 134 valence electrons. The molecule has 0 aliphatic carbocycles. The van der Waals surface area contributed by atoms with Crippen LogP contribution in [0.25, 0.3) is 11.3 Å². The first kappa shape index (κ1) is 18.2. The zero-order valence-corrected chi connectivity index (χ0v) is 15.3. The van der Waals surface area contributed by atoms with E-state index in [2.05, 4.69) is 9.71 Å². The van der Waals surface area contributed by atoms with Crippen LogP contribution in [0, 0.1) is 36.5 Å². The molecule has 3 rings (SSSR count). The van der Waals surface area contributed by atoms with Crippen molar-refractivity contribution in [2.75, 3.05) is 4.72 Å². The van der Waals surface area contributed by atoms with Crippen molar-refractivity contribution in [3.63, 3.8) is 0 Å². The number of benzene rings is 1. The predicted molar refractivity (Wildman–Crippen MR) is 98.1 cm³/mol. The van der Waals surface area contributed by atoms with E-state index in [0.29, 0.717) is 22.7 Å². The summed E-state index contributed by atoms with van der Waals surface area (Å²) >= 11 is 0. The van der Waals surface area contributed by atoms with E-state index in [-0.39, 0.29) is 16.2 Å². The summed E-state index contributed by atoms with van der Waals surface area (Å²) < 4.78 is 32.6. The summed E-state index contributed by atoms with van der Waals surface area (Å²) in [6, 6.07) is 13.5. The van der Waals surface area contributed by atoms with Crippen LogP contribution in [0.3, 0.4) is 0 Å². The van der Waals surface area contributed by atoms with Gasteiger partial charge in [-0.3, -0.25) is 4.72 Å². The Hall–Kier alpha value is -3.62. The quantitative estimate of drug-likeness (QED) is 0.742. The van der Waals surface area contributed by atoms with Crippen LogP contribution in [-0.4, -0.2) is 13.4 Å². The highest BCUT2D eigenvalue weighted by Gasteiger charge is 2.17. The lowest BCUT2D eigenvalue weighted by atomic mass is 10.1. The molecule has 1 N–H and O–H groups in total. The second-order valence-electron chi connectivity index (χ2n) is 5.90. The number of pyridine rings is 1.